The van der Waals surface area contributed by atoms with Crippen molar-refractivity contribution in [3.63, 3.8) is 0 Å². The zero-order valence-corrected chi connectivity index (χ0v) is 17.2. The van der Waals surface area contributed by atoms with E-state index in [1.807, 2.05) is 9.80 Å². The second-order valence-electron chi connectivity index (χ2n) is 7.20. The van der Waals surface area contributed by atoms with Gasteiger partial charge in [-0.1, -0.05) is 11.6 Å². The van der Waals surface area contributed by atoms with Crippen LogP contribution in [0.25, 0.3) is 0 Å². The molecule has 1 fully saturated rings. The molecule has 0 unspecified atom stereocenters. The van der Waals surface area contributed by atoms with Gasteiger partial charge in [-0.25, -0.2) is 4.98 Å². The number of rotatable bonds is 4. The van der Waals surface area contributed by atoms with Gasteiger partial charge in [0.05, 0.1) is 17.1 Å². The lowest BCUT2D eigenvalue weighted by Gasteiger charge is -2.27. The van der Waals surface area contributed by atoms with E-state index in [4.69, 9.17) is 11.6 Å². The highest BCUT2D eigenvalue weighted by molar-refractivity contribution is 7.10. The second-order valence-corrected chi connectivity index (χ2v) is 8.60. The molecule has 1 N–H and O–H groups in total. The van der Waals surface area contributed by atoms with Gasteiger partial charge < -0.3 is 15.1 Å². The molecule has 0 spiro atoms. The van der Waals surface area contributed by atoms with E-state index in [9.17, 15) is 9.59 Å². The maximum Gasteiger partial charge on any atom is 0.255 e. The standard InChI is InChI=1S/C20H23ClN4O2S/c21-16-10-15(20(27)24-6-2-1-3-7-24)11-22-19(16)23-12-18(26)25-8-4-17-14(13-25)5-9-28-17/h5,9-11H,1-4,6-8,12-13H2,(H,22,23). The van der Waals surface area contributed by atoms with Gasteiger partial charge in [0, 0.05) is 37.3 Å². The molecule has 0 saturated carbocycles. The van der Waals surface area contributed by atoms with Crippen LogP contribution < -0.4 is 5.32 Å². The molecule has 4 rings (SSSR count). The molecule has 0 atom stereocenters. The number of hydrogen-bond donors (Lipinski definition) is 1. The summed E-state index contributed by atoms with van der Waals surface area (Å²) in [6, 6.07) is 3.72. The Balaban J connectivity index is 1.35. The molecule has 8 heteroatoms. The van der Waals surface area contributed by atoms with Crippen molar-refractivity contribution in [1.29, 1.82) is 0 Å². The minimum absolute atomic E-state index is 0.0168. The lowest BCUT2D eigenvalue weighted by Crippen LogP contribution is -2.39. The van der Waals surface area contributed by atoms with Crippen LogP contribution in [0, 0.1) is 0 Å². The number of nitrogens with one attached hydrogen (secondary N) is 1. The number of carbonyl (C=O) groups is 2. The number of halogens is 1. The third kappa shape index (κ3) is 4.15. The van der Waals surface area contributed by atoms with E-state index >= 15 is 0 Å². The largest absolute Gasteiger partial charge is 0.360 e. The Bertz CT molecular complexity index is 879. The molecule has 2 aromatic rings. The first-order valence-corrected chi connectivity index (χ1v) is 10.9. The molecule has 1 saturated heterocycles. The average molecular weight is 419 g/mol. The molecule has 6 nitrogen and oxygen atoms in total. The first kappa shape index (κ1) is 19.2. The number of pyridine rings is 1. The maximum atomic E-state index is 12.6. The molecule has 0 aromatic carbocycles. The van der Waals surface area contributed by atoms with E-state index in [0.717, 1.165) is 38.9 Å². The molecule has 0 radical (unpaired) electrons. The highest BCUT2D eigenvalue weighted by atomic mass is 35.5. The number of anilines is 1. The molecule has 2 aliphatic heterocycles. The number of carbonyl (C=O) groups excluding carboxylic acids is 2. The summed E-state index contributed by atoms with van der Waals surface area (Å²) in [5, 5.41) is 5.45. The first-order valence-electron chi connectivity index (χ1n) is 9.63. The Morgan fingerprint density at radius 1 is 1.18 bits per heavy atom. The SMILES string of the molecule is O=C(CNc1ncc(C(=O)N2CCCCC2)cc1Cl)N1CCc2sccc2C1. The van der Waals surface area contributed by atoms with Gasteiger partial charge in [0.2, 0.25) is 5.91 Å². The van der Waals surface area contributed by atoms with E-state index in [1.165, 1.54) is 23.1 Å². The molecule has 0 aliphatic carbocycles. The van der Waals surface area contributed by atoms with Gasteiger partial charge in [0.1, 0.15) is 5.82 Å². The van der Waals surface area contributed by atoms with E-state index in [-0.39, 0.29) is 18.4 Å². The molecule has 2 aromatic heterocycles. The van der Waals surface area contributed by atoms with Crippen molar-refractivity contribution in [1.82, 2.24) is 14.8 Å². The Kier molecular flexibility index (Phi) is 5.82. The number of fused-ring (bicyclic) bond motifs is 1. The van der Waals surface area contributed by atoms with Crippen molar-refractivity contribution in [2.45, 2.75) is 32.2 Å². The highest BCUT2D eigenvalue weighted by Gasteiger charge is 2.22. The molecule has 2 aliphatic rings. The van der Waals surface area contributed by atoms with Gasteiger partial charge in [-0.2, -0.15) is 0 Å². The number of amides is 2. The fourth-order valence-electron chi connectivity index (χ4n) is 3.70. The Labute approximate surface area is 173 Å². The number of piperidine rings is 1. The molecular formula is C20H23ClN4O2S. The summed E-state index contributed by atoms with van der Waals surface area (Å²) in [7, 11) is 0. The van der Waals surface area contributed by atoms with Crippen LogP contribution in [0.2, 0.25) is 5.02 Å². The quantitative estimate of drug-likeness (QED) is 0.826. The molecule has 148 valence electrons. The van der Waals surface area contributed by atoms with Crippen molar-refractivity contribution >= 4 is 40.6 Å². The van der Waals surface area contributed by atoms with Crippen molar-refractivity contribution in [3.8, 4) is 0 Å². The monoisotopic (exact) mass is 418 g/mol. The fourth-order valence-corrected chi connectivity index (χ4v) is 4.82. The summed E-state index contributed by atoms with van der Waals surface area (Å²) in [5.41, 5.74) is 1.73. The summed E-state index contributed by atoms with van der Waals surface area (Å²) in [5.74, 6) is 0.415. The van der Waals surface area contributed by atoms with Gasteiger partial charge in [-0.3, -0.25) is 9.59 Å². The van der Waals surface area contributed by atoms with Gasteiger partial charge >= 0.3 is 0 Å². The number of nitrogens with zero attached hydrogens (tertiary/aromatic N) is 3. The van der Waals surface area contributed by atoms with E-state index in [0.29, 0.717) is 22.9 Å². The van der Waals surface area contributed by atoms with Crippen LogP contribution in [0.3, 0.4) is 0 Å². The lowest BCUT2D eigenvalue weighted by molar-refractivity contribution is -0.130. The molecule has 0 bridgehead atoms. The fraction of sp³-hybridized carbons (Fsp3) is 0.450. The van der Waals surface area contributed by atoms with Gasteiger partial charge in [-0.05, 0) is 48.8 Å². The van der Waals surface area contributed by atoms with Crippen molar-refractivity contribution < 1.29 is 9.59 Å². The van der Waals surface area contributed by atoms with Crippen LogP contribution in [0.15, 0.2) is 23.7 Å². The van der Waals surface area contributed by atoms with Crippen LogP contribution in [0.4, 0.5) is 5.82 Å². The van der Waals surface area contributed by atoms with E-state index in [2.05, 4.69) is 21.7 Å². The molecule has 2 amide bonds. The normalized spacial score (nSPS) is 16.6. The predicted octanol–water partition coefficient (Wildman–Crippen LogP) is 3.42. The predicted molar refractivity (Wildman–Crippen MR) is 111 cm³/mol. The zero-order valence-electron chi connectivity index (χ0n) is 15.6. The zero-order chi connectivity index (χ0) is 19.5. The third-order valence-electron chi connectivity index (χ3n) is 5.30. The summed E-state index contributed by atoms with van der Waals surface area (Å²) < 4.78 is 0. The Morgan fingerprint density at radius 2 is 2.00 bits per heavy atom. The first-order chi connectivity index (χ1) is 13.6. The lowest BCUT2D eigenvalue weighted by atomic mass is 10.1. The third-order valence-corrected chi connectivity index (χ3v) is 6.61. The minimum atomic E-state index is -0.0309. The molecule has 4 heterocycles. The Hall–Kier alpha value is -2.12. The van der Waals surface area contributed by atoms with Crippen LogP contribution in [0.5, 0.6) is 0 Å². The van der Waals surface area contributed by atoms with Gasteiger partial charge in [0.15, 0.2) is 0 Å². The minimum Gasteiger partial charge on any atom is -0.360 e. The molecule has 28 heavy (non-hydrogen) atoms. The average Bonchev–Trinajstić information content (AvgIpc) is 3.20. The van der Waals surface area contributed by atoms with Crippen LogP contribution in [0.1, 0.15) is 40.1 Å². The summed E-state index contributed by atoms with van der Waals surface area (Å²) in [4.78, 5) is 34.4. The number of likely N-dealkylation sites (tertiary alicyclic amines) is 1. The summed E-state index contributed by atoms with van der Waals surface area (Å²) in [6.07, 6.45) is 5.69. The van der Waals surface area contributed by atoms with Crippen molar-refractivity contribution in [2.75, 3.05) is 31.5 Å². The number of aromatic nitrogens is 1. The van der Waals surface area contributed by atoms with Crippen molar-refractivity contribution in [2.24, 2.45) is 0 Å². The van der Waals surface area contributed by atoms with Crippen molar-refractivity contribution in [3.05, 3.63) is 44.7 Å². The maximum absolute atomic E-state index is 12.6. The summed E-state index contributed by atoms with van der Waals surface area (Å²) in [6.45, 7) is 3.09. The highest BCUT2D eigenvalue weighted by Crippen LogP contribution is 2.25. The van der Waals surface area contributed by atoms with E-state index < -0.39 is 0 Å². The number of thiophene rings is 1. The van der Waals surface area contributed by atoms with Crippen LogP contribution in [-0.4, -0.2) is 52.8 Å². The second kappa shape index (κ2) is 8.49. The van der Waals surface area contributed by atoms with Gasteiger partial charge in [-0.15, -0.1) is 11.3 Å². The van der Waals surface area contributed by atoms with Crippen LogP contribution >= 0.6 is 22.9 Å². The number of hydrogen-bond acceptors (Lipinski definition) is 5. The topological polar surface area (TPSA) is 65.5 Å². The van der Waals surface area contributed by atoms with E-state index in [1.54, 1.807) is 17.4 Å². The van der Waals surface area contributed by atoms with Gasteiger partial charge in [0.25, 0.3) is 5.91 Å². The summed E-state index contributed by atoms with van der Waals surface area (Å²) >= 11 is 8.07. The Morgan fingerprint density at radius 3 is 2.79 bits per heavy atom. The van der Waals surface area contributed by atoms with Crippen LogP contribution in [-0.2, 0) is 17.8 Å². The molecular weight excluding hydrogens is 396 g/mol. The smallest absolute Gasteiger partial charge is 0.255 e.